The van der Waals surface area contributed by atoms with Crippen molar-refractivity contribution in [3.63, 3.8) is 0 Å². The molecular formula is C14H12N4O3. The molecule has 21 heavy (non-hydrogen) atoms. The van der Waals surface area contributed by atoms with Gasteiger partial charge in [-0.2, -0.15) is 4.98 Å². The smallest absolute Gasteiger partial charge is 0.238 e. The lowest BCUT2D eigenvalue weighted by Gasteiger charge is -2.01. The van der Waals surface area contributed by atoms with Crippen LogP contribution in [0.25, 0.3) is 11.6 Å². The second-order valence-corrected chi connectivity index (χ2v) is 4.25. The molecule has 0 aliphatic carbocycles. The molecule has 7 nitrogen and oxygen atoms in total. The number of aryl methyl sites for hydroxylation is 1. The van der Waals surface area contributed by atoms with Gasteiger partial charge in [0.1, 0.15) is 5.82 Å². The van der Waals surface area contributed by atoms with Crippen LogP contribution in [-0.4, -0.2) is 21.0 Å². The van der Waals surface area contributed by atoms with Crippen LogP contribution in [0.15, 0.2) is 51.7 Å². The molecule has 0 unspecified atom stereocenters. The van der Waals surface area contributed by atoms with Crippen LogP contribution in [0.3, 0.4) is 0 Å². The molecule has 3 heterocycles. The van der Waals surface area contributed by atoms with E-state index in [1.54, 1.807) is 36.5 Å². The summed E-state index contributed by atoms with van der Waals surface area (Å²) in [5.74, 6) is 1.65. The number of aromatic nitrogens is 3. The van der Waals surface area contributed by atoms with Crippen molar-refractivity contribution in [1.29, 1.82) is 0 Å². The van der Waals surface area contributed by atoms with Gasteiger partial charge in [0.2, 0.25) is 17.6 Å². The fourth-order valence-electron chi connectivity index (χ4n) is 1.72. The lowest BCUT2D eigenvalue weighted by Crippen LogP contribution is -2.13. The number of anilines is 1. The van der Waals surface area contributed by atoms with Gasteiger partial charge in [0, 0.05) is 19.0 Å². The first-order chi connectivity index (χ1) is 10.3. The molecule has 0 radical (unpaired) electrons. The summed E-state index contributed by atoms with van der Waals surface area (Å²) in [7, 11) is 0. The standard InChI is InChI=1S/C14H12N4O3/c19-12(16-11-5-1-2-8-15-11)6-7-13-17-14(18-21-13)10-4-3-9-20-10/h1-5,8-9H,6-7H2,(H,15,16,19). The number of carbonyl (C=O) groups is 1. The molecule has 0 saturated carbocycles. The molecular weight excluding hydrogens is 272 g/mol. The molecule has 106 valence electrons. The zero-order valence-corrected chi connectivity index (χ0v) is 11.0. The van der Waals surface area contributed by atoms with Crippen molar-refractivity contribution in [1.82, 2.24) is 15.1 Å². The summed E-state index contributed by atoms with van der Waals surface area (Å²) >= 11 is 0. The van der Waals surface area contributed by atoms with Crippen molar-refractivity contribution in [2.75, 3.05) is 5.32 Å². The number of carbonyl (C=O) groups excluding carboxylic acids is 1. The van der Waals surface area contributed by atoms with Gasteiger partial charge >= 0.3 is 0 Å². The first kappa shape index (κ1) is 13.0. The minimum absolute atomic E-state index is 0.161. The number of furan rings is 1. The van der Waals surface area contributed by atoms with Crippen LogP contribution in [0.5, 0.6) is 0 Å². The Bertz CT molecular complexity index is 707. The van der Waals surface area contributed by atoms with E-state index in [0.29, 0.717) is 29.7 Å². The third-order valence-electron chi connectivity index (χ3n) is 2.71. The number of hydrogen-bond donors (Lipinski definition) is 1. The number of pyridine rings is 1. The fourth-order valence-corrected chi connectivity index (χ4v) is 1.72. The summed E-state index contributed by atoms with van der Waals surface area (Å²) in [4.78, 5) is 19.9. The molecule has 0 aliphatic rings. The van der Waals surface area contributed by atoms with E-state index >= 15 is 0 Å². The molecule has 1 N–H and O–H groups in total. The molecule has 1 amide bonds. The van der Waals surface area contributed by atoms with Crippen molar-refractivity contribution in [2.45, 2.75) is 12.8 Å². The molecule has 0 saturated heterocycles. The van der Waals surface area contributed by atoms with E-state index in [2.05, 4.69) is 20.4 Å². The van der Waals surface area contributed by atoms with Crippen molar-refractivity contribution >= 4 is 11.7 Å². The van der Waals surface area contributed by atoms with E-state index in [1.807, 2.05) is 0 Å². The molecule has 3 rings (SSSR count). The Hall–Kier alpha value is -2.96. The van der Waals surface area contributed by atoms with Crippen molar-refractivity contribution in [2.24, 2.45) is 0 Å². The largest absolute Gasteiger partial charge is 0.461 e. The van der Waals surface area contributed by atoms with Crippen LogP contribution in [0.4, 0.5) is 5.82 Å². The molecule has 3 aromatic heterocycles. The third kappa shape index (κ3) is 3.33. The van der Waals surface area contributed by atoms with Crippen LogP contribution in [0, 0.1) is 0 Å². The van der Waals surface area contributed by atoms with Gasteiger partial charge in [-0.25, -0.2) is 4.98 Å². The number of nitrogens with one attached hydrogen (secondary N) is 1. The lowest BCUT2D eigenvalue weighted by molar-refractivity contribution is -0.116. The van der Waals surface area contributed by atoms with Crippen molar-refractivity contribution in [3.8, 4) is 11.6 Å². The molecule has 0 aromatic carbocycles. The predicted octanol–water partition coefficient (Wildman–Crippen LogP) is 2.30. The monoisotopic (exact) mass is 284 g/mol. The van der Waals surface area contributed by atoms with Gasteiger partial charge in [-0.3, -0.25) is 4.79 Å². The Morgan fingerprint density at radius 2 is 2.19 bits per heavy atom. The lowest BCUT2D eigenvalue weighted by atomic mass is 10.3. The maximum absolute atomic E-state index is 11.8. The van der Waals surface area contributed by atoms with Gasteiger partial charge in [-0.15, -0.1) is 0 Å². The molecule has 0 atom stereocenters. The van der Waals surface area contributed by atoms with E-state index in [4.69, 9.17) is 8.94 Å². The highest BCUT2D eigenvalue weighted by Gasteiger charge is 2.12. The average Bonchev–Trinajstić information content (AvgIpc) is 3.17. The number of rotatable bonds is 5. The topological polar surface area (TPSA) is 94.0 Å². The molecule has 0 fully saturated rings. The van der Waals surface area contributed by atoms with Gasteiger partial charge in [-0.05, 0) is 24.3 Å². The Morgan fingerprint density at radius 3 is 2.95 bits per heavy atom. The summed E-state index contributed by atoms with van der Waals surface area (Å²) in [5.41, 5.74) is 0. The van der Waals surface area contributed by atoms with E-state index in [9.17, 15) is 4.79 Å². The van der Waals surface area contributed by atoms with Gasteiger partial charge in [0.25, 0.3) is 0 Å². The molecule has 0 spiro atoms. The number of nitrogens with zero attached hydrogens (tertiary/aromatic N) is 3. The second kappa shape index (κ2) is 6.00. The van der Waals surface area contributed by atoms with Crippen LogP contribution in [0.1, 0.15) is 12.3 Å². The maximum atomic E-state index is 11.8. The van der Waals surface area contributed by atoms with Gasteiger partial charge < -0.3 is 14.3 Å². The number of amides is 1. The normalized spacial score (nSPS) is 10.5. The van der Waals surface area contributed by atoms with E-state index in [1.165, 1.54) is 6.26 Å². The number of hydrogen-bond acceptors (Lipinski definition) is 6. The Labute approximate surface area is 120 Å². The van der Waals surface area contributed by atoms with E-state index < -0.39 is 0 Å². The van der Waals surface area contributed by atoms with Crippen molar-refractivity contribution < 1.29 is 13.7 Å². The quantitative estimate of drug-likeness (QED) is 0.772. The third-order valence-corrected chi connectivity index (χ3v) is 2.71. The first-order valence-corrected chi connectivity index (χ1v) is 6.38. The Kier molecular flexibility index (Phi) is 3.72. The van der Waals surface area contributed by atoms with Gasteiger partial charge in [-0.1, -0.05) is 11.2 Å². The minimum Gasteiger partial charge on any atom is -0.461 e. The predicted molar refractivity (Wildman–Crippen MR) is 73.2 cm³/mol. The highest BCUT2D eigenvalue weighted by Crippen LogP contribution is 2.16. The highest BCUT2D eigenvalue weighted by atomic mass is 16.5. The fraction of sp³-hybridized carbons (Fsp3) is 0.143. The maximum Gasteiger partial charge on any atom is 0.238 e. The van der Waals surface area contributed by atoms with Crippen LogP contribution in [-0.2, 0) is 11.2 Å². The zero-order valence-electron chi connectivity index (χ0n) is 11.0. The molecule has 7 heteroatoms. The Morgan fingerprint density at radius 1 is 1.24 bits per heavy atom. The van der Waals surface area contributed by atoms with Gasteiger partial charge in [0.05, 0.1) is 6.26 Å². The second-order valence-electron chi connectivity index (χ2n) is 4.25. The SMILES string of the molecule is O=C(CCc1nc(-c2ccco2)no1)Nc1ccccn1. The minimum atomic E-state index is -0.161. The van der Waals surface area contributed by atoms with Crippen LogP contribution in [0.2, 0.25) is 0 Å². The summed E-state index contributed by atoms with van der Waals surface area (Å²) in [5, 5.41) is 6.48. The molecule has 3 aromatic rings. The van der Waals surface area contributed by atoms with Crippen molar-refractivity contribution in [3.05, 3.63) is 48.7 Å². The first-order valence-electron chi connectivity index (χ1n) is 6.38. The van der Waals surface area contributed by atoms with E-state index in [0.717, 1.165) is 0 Å². The molecule has 0 bridgehead atoms. The Balaban J connectivity index is 1.54. The summed E-state index contributed by atoms with van der Waals surface area (Å²) < 4.78 is 10.2. The van der Waals surface area contributed by atoms with Crippen LogP contribution >= 0.6 is 0 Å². The van der Waals surface area contributed by atoms with Gasteiger partial charge in [0.15, 0.2) is 5.76 Å². The zero-order chi connectivity index (χ0) is 14.5. The summed E-state index contributed by atoms with van der Waals surface area (Å²) in [6.45, 7) is 0. The average molecular weight is 284 g/mol. The summed E-state index contributed by atoms with van der Waals surface area (Å²) in [6.07, 6.45) is 3.73. The highest BCUT2D eigenvalue weighted by molar-refractivity contribution is 5.89. The van der Waals surface area contributed by atoms with Crippen LogP contribution < -0.4 is 5.32 Å². The molecule has 0 aliphatic heterocycles. The van der Waals surface area contributed by atoms with E-state index in [-0.39, 0.29) is 12.3 Å². The summed E-state index contributed by atoms with van der Waals surface area (Å²) in [6, 6.07) is 8.79.